The molecule has 130 valence electrons. The summed E-state index contributed by atoms with van der Waals surface area (Å²) >= 11 is 0. The van der Waals surface area contributed by atoms with Crippen molar-refractivity contribution in [2.75, 3.05) is 0 Å². The van der Waals surface area contributed by atoms with Crippen LogP contribution in [0.3, 0.4) is 0 Å². The number of hydrogen-bond acceptors (Lipinski definition) is 1. The lowest BCUT2D eigenvalue weighted by atomic mass is 10.1. The summed E-state index contributed by atoms with van der Waals surface area (Å²) in [5.74, 6) is -1.85. The van der Waals surface area contributed by atoms with Crippen LogP contribution in [0, 0.1) is 17.5 Å². The fourth-order valence-corrected chi connectivity index (χ4v) is 3.63. The van der Waals surface area contributed by atoms with E-state index < -0.39 is 17.7 Å². The molecule has 0 saturated heterocycles. The van der Waals surface area contributed by atoms with Gasteiger partial charge in [-0.1, -0.05) is 12.1 Å². The SMILES string of the molecule is O=C(NC1CCc2ccc(F)cc21)NC1CC1c1c(F)cccc1F. The van der Waals surface area contributed by atoms with Gasteiger partial charge in [0.2, 0.25) is 0 Å². The highest BCUT2D eigenvalue weighted by Gasteiger charge is 2.43. The zero-order valence-corrected chi connectivity index (χ0v) is 13.4. The molecule has 0 heterocycles. The van der Waals surface area contributed by atoms with E-state index in [0.29, 0.717) is 12.8 Å². The largest absolute Gasteiger partial charge is 0.335 e. The number of benzene rings is 2. The zero-order valence-electron chi connectivity index (χ0n) is 13.4. The number of aryl methyl sites for hydroxylation is 1. The number of fused-ring (bicyclic) bond motifs is 1. The molecule has 4 rings (SSSR count). The summed E-state index contributed by atoms with van der Waals surface area (Å²) in [5, 5.41) is 5.58. The molecule has 1 saturated carbocycles. The van der Waals surface area contributed by atoms with Gasteiger partial charge >= 0.3 is 6.03 Å². The van der Waals surface area contributed by atoms with E-state index >= 15 is 0 Å². The third kappa shape index (κ3) is 3.08. The number of nitrogens with one attached hydrogen (secondary N) is 2. The molecule has 2 aliphatic carbocycles. The van der Waals surface area contributed by atoms with Gasteiger partial charge in [0, 0.05) is 17.5 Å². The van der Waals surface area contributed by atoms with Crippen LogP contribution in [-0.4, -0.2) is 12.1 Å². The van der Waals surface area contributed by atoms with Gasteiger partial charge in [-0.25, -0.2) is 18.0 Å². The van der Waals surface area contributed by atoms with Gasteiger partial charge < -0.3 is 10.6 Å². The monoisotopic (exact) mass is 346 g/mol. The molecule has 0 aliphatic heterocycles. The standard InChI is InChI=1S/C19H17F3N2O/c20-11-6-4-10-5-7-16(12(10)8-11)23-19(25)24-17-9-13(17)18-14(21)2-1-3-15(18)22/h1-4,6,8,13,16-17H,5,7,9H2,(H2,23,24,25). The third-order valence-electron chi connectivity index (χ3n) is 4.97. The summed E-state index contributed by atoms with van der Waals surface area (Å²) in [6.45, 7) is 0. The van der Waals surface area contributed by atoms with E-state index in [2.05, 4.69) is 10.6 Å². The van der Waals surface area contributed by atoms with Crippen LogP contribution in [-0.2, 0) is 6.42 Å². The van der Waals surface area contributed by atoms with Crippen molar-refractivity contribution >= 4 is 6.03 Å². The van der Waals surface area contributed by atoms with Crippen molar-refractivity contribution in [1.29, 1.82) is 0 Å². The van der Waals surface area contributed by atoms with E-state index in [9.17, 15) is 18.0 Å². The van der Waals surface area contributed by atoms with Gasteiger partial charge in [-0.15, -0.1) is 0 Å². The molecule has 2 aliphatic rings. The third-order valence-corrected chi connectivity index (χ3v) is 4.97. The van der Waals surface area contributed by atoms with Crippen molar-refractivity contribution in [1.82, 2.24) is 10.6 Å². The fraction of sp³-hybridized carbons (Fsp3) is 0.316. The number of carbonyl (C=O) groups excluding carboxylic acids is 1. The minimum atomic E-state index is -0.588. The predicted octanol–water partition coefficient (Wildman–Crippen LogP) is 3.95. The van der Waals surface area contributed by atoms with Gasteiger partial charge in [0.25, 0.3) is 0 Å². The molecule has 1 fully saturated rings. The Kier molecular flexibility index (Phi) is 3.90. The molecule has 0 radical (unpaired) electrons. The Labute approximate surface area is 143 Å². The van der Waals surface area contributed by atoms with Crippen LogP contribution in [0.4, 0.5) is 18.0 Å². The van der Waals surface area contributed by atoms with Gasteiger partial charge in [0.05, 0.1) is 6.04 Å². The summed E-state index contributed by atoms with van der Waals surface area (Å²) in [5.41, 5.74) is 1.85. The maximum atomic E-state index is 13.8. The summed E-state index contributed by atoms with van der Waals surface area (Å²) < 4.78 is 41.0. The molecule has 6 heteroatoms. The molecule has 25 heavy (non-hydrogen) atoms. The number of halogens is 3. The van der Waals surface area contributed by atoms with Crippen molar-refractivity contribution in [3.63, 3.8) is 0 Å². The average molecular weight is 346 g/mol. The van der Waals surface area contributed by atoms with E-state index in [1.54, 1.807) is 6.07 Å². The Morgan fingerprint density at radius 1 is 1.04 bits per heavy atom. The number of amides is 2. The molecule has 0 bridgehead atoms. The number of carbonyl (C=O) groups is 1. The lowest BCUT2D eigenvalue weighted by Gasteiger charge is -2.15. The Hall–Kier alpha value is -2.50. The normalized spacial score (nSPS) is 23.9. The average Bonchev–Trinajstić information content (AvgIpc) is 3.19. The van der Waals surface area contributed by atoms with Gasteiger partial charge in [-0.3, -0.25) is 0 Å². The molecule has 3 atom stereocenters. The lowest BCUT2D eigenvalue weighted by molar-refractivity contribution is 0.236. The summed E-state index contributed by atoms with van der Waals surface area (Å²) in [7, 11) is 0. The summed E-state index contributed by atoms with van der Waals surface area (Å²) in [6, 6.07) is 7.43. The van der Waals surface area contributed by atoms with Gasteiger partial charge in [0.15, 0.2) is 0 Å². The second-order valence-electron chi connectivity index (χ2n) is 6.64. The molecule has 2 aromatic rings. The van der Waals surface area contributed by atoms with Crippen molar-refractivity contribution in [2.24, 2.45) is 0 Å². The van der Waals surface area contributed by atoms with Gasteiger partial charge in [-0.05, 0) is 54.7 Å². The molecule has 0 spiro atoms. The van der Waals surface area contributed by atoms with Crippen molar-refractivity contribution in [2.45, 2.75) is 37.3 Å². The Bertz CT molecular complexity index is 819. The van der Waals surface area contributed by atoms with E-state index in [1.807, 2.05) is 0 Å². The van der Waals surface area contributed by atoms with Crippen LogP contribution in [0.25, 0.3) is 0 Å². The van der Waals surface area contributed by atoms with Crippen LogP contribution in [0.15, 0.2) is 36.4 Å². The highest BCUT2D eigenvalue weighted by atomic mass is 19.1. The minimum Gasteiger partial charge on any atom is -0.335 e. The topological polar surface area (TPSA) is 41.1 Å². The molecule has 3 nitrogen and oxygen atoms in total. The van der Waals surface area contributed by atoms with Crippen LogP contribution >= 0.6 is 0 Å². The second kappa shape index (κ2) is 6.10. The number of rotatable bonds is 3. The maximum Gasteiger partial charge on any atom is 0.315 e. The van der Waals surface area contributed by atoms with Crippen LogP contribution < -0.4 is 10.6 Å². The highest BCUT2D eigenvalue weighted by molar-refractivity contribution is 5.75. The van der Waals surface area contributed by atoms with E-state index in [0.717, 1.165) is 17.5 Å². The van der Waals surface area contributed by atoms with E-state index in [4.69, 9.17) is 0 Å². The summed E-state index contributed by atoms with van der Waals surface area (Å²) in [4.78, 5) is 12.2. The lowest BCUT2D eigenvalue weighted by Crippen LogP contribution is -2.39. The smallest absolute Gasteiger partial charge is 0.315 e. The molecular formula is C19H17F3N2O. The minimum absolute atomic E-state index is 0.0288. The van der Waals surface area contributed by atoms with Gasteiger partial charge in [-0.2, -0.15) is 0 Å². The van der Waals surface area contributed by atoms with Crippen LogP contribution in [0.2, 0.25) is 0 Å². The Balaban J connectivity index is 1.38. The first-order valence-corrected chi connectivity index (χ1v) is 8.32. The second-order valence-corrected chi connectivity index (χ2v) is 6.64. The van der Waals surface area contributed by atoms with Crippen LogP contribution in [0.5, 0.6) is 0 Å². The first-order chi connectivity index (χ1) is 12.0. The van der Waals surface area contributed by atoms with E-state index in [-0.39, 0.29) is 29.4 Å². The van der Waals surface area contributed by atoms with Crippen molar-refractivity contribution < 1.29 is 18.0 Å². The van der Waals surface area contributed by atoms with Crippen LogP contribution in [0.1, 0.15) is 41.5 Å². The molecule has 0 aromatic heterocycles. The molecule has 3 unspecified atom stereocenters. The van der Waals surface area contributed by atoms with E-state index in [1.165, 1.54) is 30.3 Å². The molecule has 2 N–H and O–H groups in total. The number of urea groups is 1. The van der Waals surface area contributed by atoms with Gasteiger partial charge in [0.1, 0.15) is 17.5 Å². The van der Waals surface area contributed by atoms with Crippen molar-refractivity contribution in [3.05, 3.63) is 70.5 Å². The maximum absolute atomic E-state index is 13.8. The number of hydrogen-bond donors (Lipinski definition) is 2. The molecule has 2 amide bonds. The highest BCUT2D eigenvalue weighted by Crippen LogP contribution is 2.43. The summed E-state index contributed by atoms with van der Waals surface area (Å²) in [6.07, 6.45) is 2.00. The molecular weight excluding hydrogens is 329 g/mol. The van der Waals surface area contributed by atoms with Crippen molar-refractivity contribution in [3.8, 4) is 0 Å². The Morgan fingerprint density at radius 3 is 2.56 bits per heavy atom. The predicted molar refractivity (Wildman–Crippen MR) is 86.6 cm³/mol. The zero-order chi connectivity index (χ0) is 17.6. The fourth-order valence-electron chi connectivity index (χ4n) is 3.63. The quantitative estimate of drug-likeness (QED) is 0.868. The molecule has 2 aromatic carbocycles. The first kappa shape index (κ1) is 16.0. The first-order valence-electron chi connectivity index (χ1n) is 8.32. The Morgan fingerprint density at radius 2 is 1.80 bits per heavy atom.